The molecule has 102 valence electrons. The highest BCUT2D eigenvalue weighted by atomic mass is 16.3. The molecule has 3 aromatic rings. The van der Waals surface area contributed by atoms with Gasteiger partial charge in [0.25, 0.3) is 0 Å². The molecule has 3 rings (SSSR count). The summed E-state index contributed by atoms with van der Waals surface area (Å²) < 4.78 is 6.00. The summed E-state index contributed by atoms with van der Waals surface area (Å²) in [5.74, 6) is 0.945. The Kier molecular flexibility index (Phi) is 3.33. The minimum Gasteiger partial charge on any atom is -0.456 e. The smallest absolute Gasteiger partial charge is 0.135 e. The lowest BCUT2D eigenvalue weighted by atomic mass is 10.0. The number of hydrogen-bond donors (Lipinski definition) is 1. The number of furan rings is 1. The number of fused-ring (bicyclic) bond motifs is 1. The van der Waals surface area contributed by atoms with Gasteiger partial charge in [0.2, 0.25) is 0 Å². The molecule has 0 bridgehead atoms. The van der Waals surface area contributed by atoms with Gasteiger partial charge in [-0.05, 0) is 56.3 Å². The Hall–Kier alpha value is -2.06. The van der Waals surface area contributed by atoms with E-state index >= 15 is 0 Å². The molecule has 0 unspecified atom stereocenters. The molecule has 0 saturated carbocycles. The van der Waals surface area contributed by atoms with Crippen LogP contribution in [0.1, 0.15) is 16.7 Å². The second-order valence-corrected chi connectivity index (χ2v) is 5.33. The highest BCUT2D eigenvalue weighted by Crippen LogP contribution is 2.31. The molecule has 0 aliphatic rings. The van der Waals surface area contributed by atoms with Gasteiger partial charge in [-0.3, -0.25) is 0 Å². The van der Waals surface area contributed by atoms with E-state index in [0.717, 1.165) is 17.9 Å². The second-order valence-electron chi connectivity index (χ2n) is 5.33. The van der Waals surface area contributed by atoms with E-state index in [0.29, 0.717) is 0 Å². The average Bonchev–Trinajstić information content (AvgIpc) is 2.84. The van der Waals surface area contributed by atoms with E-state index in [9.17, 15) is 0 Å². The van der Waals surface area contributed by atoms with Gasteiger partial charge in [-0.2, -0.15) is 0 Å². The zero-order chi connectivity index (χ0) is 14.1. The highest BCUT2D eigenvalue weighted by Gasteiger charge is 2.09. The average molecular weight is 265 g/mol. The van der Waals surface area contributed by atoms with Crippen LogP contribution >= 0.6 is 0 Å². The van der Waals surface area contributed by atoms with Crippen LogP contribution in [-0.2, 0) is 6.54 Å². The Bertz CT molecular complexity index is 755. The van der Waals surface area contributed by atoms with Gasteiger partial charge in [0.15, 0.2) is 0 Å². The maximum absolute atomic E-state index is 6.00. The van der Waals surface area contributed by atoms with Crippen molar-refractivity contribution in [2.75, 3.05) is 7.05 Å². The van der Waals surface area contributed by atoms with Gasteiger partial charge in [-0.25, -0.2) is 0 Å². The Morgan fingerprint density at radius 3 is 2.65 bits per heavy atom. The number of hydrogen-bond acceptors (Lipinski definition) is 2. The van der Waals surface area contributed by atoms with Crippen LogP contribution < -0.4 is 5.32 Å². The summed E-state index contributed by atoms with van der Waals surface area (Å²) in [6.07, 6.45) is 0. The van der Waals surface area contributed by atoms with Gasteiger partial charge in [0, 0.05) is 17.5 Å². The van der Waals surface area contributed by atoms with E-state index in [1.807, 2.05) is 13.1 Å². The summed E-state index contributed by atoms with van der Waals surface area (Å²) in [7, 11) is 1.96. The highest BCUT2D eigenvalue weighted by molar-refractivity contribution is 5.84. The molecule has 1 aromatic heterocycles. The predicted octanol–water partition coefficient (Wildman–Crippen LogP) is 4.44. The van der Waals surface area contributed by atoms with Crippen molar-refractivity contribution in [2.24, 2.45) is 0 Å². The molecule has 0 aliphatic carbocycles. The molecule has 0 atom stereocenters. The SMILES string of the molecule is CNCc1ccc(C)c(-c2cc3cc(C)ccc3o2)c1. The topological polar surface area (TPSA) is 25.2 Å². The van der Waals surface area contributed by atoms with E-state index in [4.69, 9.17) is 4.42 Å². The normalized spacial score (nSPS) is 11.2. The fraction of sp³-hybridized carbons (Fsp3) is 0.222. The second kappa shape index (κ2) is 5.14. The van der Waals surface area contributed by atoms with Crippen molar-refractivity contribution in [1.82, 2.24) is 5.32 Å². The van der Waals surface area contributed by atoms with Gasteiger partial charge in [0.05, 0.1) is 0 Å². The number of rotatable bonds is 3. The molecule has 0 aliphatic heterocycles. The van der Waals surface area contributed by atoms with Crippen LogP contribution in [0, 0.1) is 13.8 Å². The third-order valence-corrected chi connectivity index (χ3v) is 3.62. The first kappa shape index (κ1) is 12.9. The van der Waals surface area contributed by atoms with E-state index in [2.05, 4.69) is 55.6 Å². The molecule has 20 heavy (non-hydrogen) atoms. The summed E-state index contributed by atoms with van der Waals surface area (Å²) in [5, 5.41) is 4.35. The molecule has 2 nitrogen and oxygen atoms in total. The maximum Gasteiger partial charge on any atom is 0.135 e. The summed E-state index contributed by atoms with van der Waals surface area (Å²) >= 11 is 0. The van der Waals surface area contributed by atoms with Crippen molar-refractivity contribution in [2.45, 2.75) is 20.4 Å². The largest absolute Gasteiger partial charge is 0.456 e. The Morgan fingerprint density at radius 1 is 1.00 bits per heavy atom. The third kappa shape index (κ3) is 2.35. The van der Waals surface area contributed by atoms with Crippen molar-refractivity contribution in [3.05, 3.63) is 59.2 Å². The fourth-order valence-electron chi connectivity index (χ4n) is 2.54. The van der Waals surface area contributed by atoms with E-state index in [1.165, 1.54) is 27.6 Å². The van der Waals surface area contributed by atoms with Gasteiger partial charge < -0.3 is 9.73 Å². The van der Waals surface area contributed by atoms with Crippen molar-refractivity contribution in [3.8, 4) is 11.3 Å². The molecular formula is C18H19NO. The van der Waals surface area contributed by atoms with Crippen LogP contribution in [0.2, 0.25) is 0 Å². The van der Waals surface area contributed by atoms with Crippen LogP contribution in [0.5, 0.6) is 0 Å². The molecule has 2 heteroatoms. The zero-order valence-electron chi connectivity index (χ0n) is 12.2. The van der Waals surface area contributed by atoms with Crippen molar-refractivity contribution < 1.29 is 4.42 Å². The van der Waals surface area contributed by atoms with Gasteiger partial charge in [-0.15, -0.1) is 0 Å². The predicted molar refractivity (Wildman–Crippen MR) is 83.9 cm³/mol. The number of benzene rings is 2. The lowest BCUT2D eigenvalue weighted by Gasteiger charge is -2.06. The van der Waals surface area contributed by atoms with Crippen LogP contribution in [-0.4, -0.2) is 7.05 Å². The van der Waals surface area contributed by atoms with Crippen molar-refractivity contribution in [1.29, 1.82) is 0 Å². The lowest BCUT2D eigenvalue weighted by molar-refractivity contribution is 0.630. The first-order valence-corrected chi connectivity index (χ1v) is 6.92. The summed E-state index contributed by atoms with van der Waals surface area (Å²) in [6.45, 7) is 5.09. The fourth-order valence-corrected chi connectivity index (χ4v) is 2.54. The van der Waals surface area contributed by atoms with E-state index in [1.54, 1.807) is 0 Å². The number of aryl methyl sites for hydroxylation is 2. The molecule has 0 amide bonds. The van der Waals surface area contributed by atoms with E-state index < -0.39 is 0 Å². The lowest BCUT2D eigenvalue weighted by Crippen LogP contribution is -2.05. The van der Waals surface area contributed by atoms with Gasteiger partial charge in [0.1, 0.15) is 11.3 Å². The molecule has 0 radical (unpaired) electrons. The van der Waals surface area contributed by atoms with Gasteiger partial charge in [-0.1, -0.05) is 23.8 Å². The quantitative estimate of drug-likeness (QED) is 0.757. The van der Waals surface area contributed by atoms with Crippen molar-refractivity contribution >= 4 is 11.0 Å². The van der Waals surface area contributed by atoms with Crippen LogP contribution in [0.15, 0.2) is 46.9 Å². The third-order valence-electron chi connectivity index (χ3n) is 3.62. The summed E-state index contributed by atoms with van der Waals surface area (Å²) in [5.41, 5.74) is 5.88. The molecule has 1 N–H and O–H groups in total. The minimum absolute atomic E-state index is 0.868. The molecule has 2 aromatic carbocycles. The Balaban J connectivity index is 2.12. The zero-order valence-corrected chi connectivity index (χ0v) is 12.2. The van der Waals surface area contributed by atoms with Gasteiger partial charge >= 0.3 is 0 Å². The Morgan fingerprint density at radius 2 is 1.85 bits per heavy atom. The first-order chi connectivity index (χ1) is 9.67. The molecule has 0 saturated heterocycles. The first-order valence-electron chi connectivity index (χ1n) is 6.92. The van der Waals surface area contributed by atoms with Crippen molar-refractivity contribution in [3.63, 3.8) is 0 Å². The van der Waals surface area contributed by atoms with Crippen LogP contribution in [0.25, 0.3) is 22.3 Å². The summed E-state index contributed by atoms with van der Waals surface area (Å²) in [6, 6.07) is 14.9. The maximum atomic E-state index is 6.00. The minimum atomic E-state index is 0.868. The number of nitrogens with one attached hydrogen (secondary N) is 1. The molecule has 1 heterocycles. The standard InChI is InChI=1S/C18H19NO/c1-12-4-7-17-15(8-12)10-18(20-17)16-9-14(11-19-3)6-5-13(16)2/h4-10,19H,11H2,1-3H3. The monoisotopic (exact) mass is 265 g/mol. The van der Waals surface area contributed by atoms with Crippen LogP contribution in [0.3, 0.4) is 0 Å². The summed E-state index contributed by atoms with van der Waals surface area (Å²) in [4.78, 5) is 0. The molecule has 0 spiro atoms. The van der Waals surface area contributed by atoms with E-state index in [-0.39, 0.29) is 0 Å². The molecule has 0 fully saturated rings. The Labute approximate surface area is 119 Å². The molecular weight excluding hydrogens is 246 g/mol. The van der Waals surface area contributed by atoms with Crippen LogP contribution in [0.4, 0.5) is 0 Å².